The largest absolute Gasteiger partial charge is 0.496 e. The summed E-state index contributed by atoms with van der Waals surface area (Å²) in [5.74, 6) is 0.563. The van der Waals surface area contributed by atoms with Crippen molar-refractivity contribution in [1.29, 1.82) is 0 Å². The van der Waals surface area contributed by atoms with Crippen LogP contribution in [0.25, 0.3) is 0 Å². The number of hydrogen-bond donors (Lipinski definition) is 1. The van der Waals surface area contributed by atoms with Crippen LogP contribution in [0.2, 0.25) is 0 Å². The van der Waals surface area contributed by atoms with Crippen molar-refractivity contribution in [3.8, 4) is 5.75 Å². The van der Waals surface area contributed by atoms with Crippen LogP contribution in [-0.2, 0) is 22.9 Å². The SMILES string of the molecule is CC[C@H](NC(=O)c1cc(S(=O)(=O)N2CCC(C)CC2)ccc1OC)c1ccc2c(c1)CCCC2. The molecule has 7 heteroatoms. The molecule has 0 unspecified atom stereocenters. The van der Waals surface area contributed by atoms with E-state index in [1.165, 1.54) is 47.5 Å². The summed E-state index contributed by atoms with van der Waals surface area (Å²) in [5, 5.41) is 3.12. The molecule has 2 aromatic carbocycles. The summed E-state index contributed by atoms with van der Waals surface area (Å²) < 4.78 is 33.5. The van der Waals surface area contributed by atoms with Crippen molar-refractivity contribution in [2.45, 2.75) is 69.7 Å². The Bertz CT molecular complexity index is 1140. The van der Waals surface area contributed by atoms with Gasteiger partial charge in [-0.15, -0.1) is 0 Å². The lowest BCUT2D eigenvalue weighted by Crippen LogP contribution is -2.38. The van der Waals surface area contributed by atoms with Crippen molar-refractivity contribution in [2.24, 2.45) is 5.92 Å². The van der Waals surface area contributed by atoms with Crippen LogP contribution in [0.1, 0.15) is 79.0 Å². The minimum atomic E-state index is -3.67. The van der Waals surface area contributed by atoms with Crippen molar-refractivity contribution < 1.29 is 17.9 Å². The van der Waals surface area contributed by atoms with Gasteiger partial charge >= 0.3 is 0 Å². The van der Waals surface area contributed by atoms with E-state index in [1.807, 2.05) is 6.92 Å². The van der Waals surface area contributed by atoms with Crippen molar-refractivity contribution in [2.75, 3.05) is 20.2 Å². The third kappa shape index (κ3) is 5.15. The molecule has 34 heavy (non-hydrogen) atoms. The summed E-state index contributed by atoms with van der Waals surface area (Å²) in [7, 11) is -2.17. The van der Waals surface area contributed by atoms with Gasteiger partial charge in [-0.3, -0.25) is 4.79 Å². The molecule has 1 N–H and O–H groups in total. The highest BCUT2D eigenvalue weighted by Crippen LogP contribution is 2.29. The van der Waals surface area contributed by atoms with E-state index in [0.717, 1.165) is 37.7 Å². The fourth-order valence-electron chi connectivity index (χ4n) is 5.03. The van der Waals surface area contributed by atoms with Gasteiger partial charge in [0.25, 0.3) is 5.91 Å². The minimum Gasteiger partial charge on any atom is -0.496 e. The third-order valence-electron chi connectivity index (χ3n) is 7.28. The number of amides is 1. The maximum absolute atomic E-state index is 13.4. The molecule has 0 saturated carbocycles. The Morgan fingerprint density at radius 3 is 2.47 bits per heavy atom. The highest BCUT2D eigenvalue weighted by molar-refractivity contribution is 7.89. The van der Waals surface area contributed by atoms with Crippen LogP contribution in [0.5, 0.6) is 5.75 Å². The molecule has 1 heterocycles. The number of nitrogens with one attached hydrogen (secondary N) is 1. The maximum Gasteiger partial charge on any atom is 0.255 e. The van der Waals surface area contributed by atoms with E-state index in [9.17, 15) is 13.2 Å². The van der Waals surface area contributed by atoms with Crippen LogP contribution < -0.4 is 10.1 Å². The number of sulfonamides is 1. The van der Waals surface area contributed by atoms with Gasteiger partial charge in [-0.05, 0) is 85.8 Å². The van der Waals surface area contributed by atoms with Crippen LogP contribution in [0, 0.1) is 5.92 Å². The molecule has 1 amide bonds. The number of benzene rings is 2. The normalized spacial score (nSPS) is 18.2. The van der Waals surface area contributed by atoms with Gasteiger partial charge in [0.2, 0.25) is 10.0 Å². The van der Waals surface area contributed by atoms with E-state index in [0.29, 0.717) is 24.8 Å². The molecular formula is C27H36N2O4S. The second kappa shape index (κ2) is 10.5. The number of carbonyl (C=O) groups excluding carboxylic acids is 1. The average molecular weight is 485 g/mol. The monoisotopic (exact) mass is 484 g/mol. The number of rotatable bonds is 7. The zero-order valence-corrected chi connectivity index (χ0v) is 21.3. The van der Waals surface area contributed by atoms with E-state index < -0.39 is 10.0 Å². The zero-order chi connectivity index (χ0) is 24.3. The molecule has 1 saturated heterocycles. The van der Waals surface area contributed by atoms with Crippen LogP contribution in [0.4, 0.5) is 0 Å². The van der Waals surface area contributed by atoms with Crippen LogP contribution in [0.3, 0.4) is 0 Å². The maximum atomic E-state index is 13.4. The van der Waals surface area contributed by atoms with Crippen molar-refractivity contribution >= 4 is 15.9 Å². The smallest absolute Gasteiger partial charge is 0.255 e. The molecule has 0 spiro atoms. The first-order chi connectivity index (χ1) is 16.3. The summed E-state index contributed by atoms with van der Waals surface area (Å²) in [4.78, 5) is 13.5. The Morgan fingerprint density at radius 1 is 1.09 bits per heavy atom. The first kappa shape index (κ1) is 24.7. The van der Waals surface area contributed by atoms with Gasteiger partial charge in [-0.2, -0.15) is 4.31 Å². The highest BCUT2D eigenvalue weighted by atomic mass is 32.2. The fourth-order valence-corrected chi connectivity index (χ4v) is 6.52. The van der Waals surface area contributed by atoms with E-state index in [2.05, 4.69) is 30.4 Å². The molecular weight excluding hydrogens is 448 g/mol. The number of nitrogens with zero attached hydrogens (tertiary/aromatic N) is 1. The Kier molecular flexibility index (Phi) is 7.63. The number of ether oxygens (including phenoxy) is 1. The fraction of sp³-hybridized carbons (Fsp3) is 0.519. The molecule has 2 aliphatic rings. The molecule has 4 rings (SSSR count). The molecule has 1 aliphatic carbocycles. The van der Waals surface area contributed by atoms with Crippen LogP contribution >= 0.6 is 0 Å². The first-order valence-corrected chi connectivity index (χ1v) is 13.9. The number of hydrogen-bond acceptors (Lipinski definition) is 4. The molecule has 0 radical (unpaired) electrons. The quantitative estimate of drug-likeness (QED) is 0.608. The topological polar surface area (TPSA) is 75.7 Å². The summed E-state index contributed by atoms with van der Waals surface area (Å²) in [5.41, 5.74) is 4.10. The molecule has 0 aromatic heterocycles. The van der Waals surface area contributed by atoms with Gasteiger partial charge in [-0.25, -0.2) is 8.42 Å². The lowest BCUT2D eigenvalue weighted by molar-refractivity contribution is 0.0932. The average Bonchev–Trinajstić information content (AvgIpc) is 2.86. The third-order valence-corrected chi connectivity index (χ3v) is 9.18. The zero-order valence-electron chi connectivity index (χ0n) is 20.5. The number of piperidine rings is 1. The Labute approximate surface area is 203 Å². The van der Waals surface area contributed by atoms with E-state index >= 15 is 0 Å². The second-order valence-electron chi connectivity index (χ2n) is 9.62. The second-order valence-corrected chi connectivity index (χ2v) is 11.6. The van der Waals surface area contributed by atoms with E-state index in [-0.39, 0.29) is 22.4 Å². The van der Waals surface area contributed by atoms with Gasteiger partial charge in [0.1, 0.15) is 5.75 Å². The number of fused-ring (bicyclic) bond motifs is 1. The number of aryl methyl sites for hydroxylation is 2. The summed E-state index contributed by atoms with van der Waals surface area (Å²) in [6.45, 7) is 5.20. The van der Waals surface area contributed by atoms with Crippen LogP contribution in [-0.4, -0.2) is 38.8 Å². The molecule has 6 nitrogen and oxygen atoms in total. The predicted molar refractivity (Wildman–Crippen MR) is 134 cm³/mol. The standard InChI is InChI=1S/C27H36N2O4S/c1-4-25(22-10-9-20-7-5-6-8-21(20)17-22)28-27(30)24-18-23(11-12-26(24)33-3)34(31,32)29-15-13-19(2)14-16-29/h9-12,17-19,25H,4-8,13-16H2,1-3H3,(H,28,30)/t25-/m0/s1. The summed E-state index contributed by atoms with van der Waals surface area (Å²) in [6.07, 6.45) is 7.06. The number of methoxy groups -OCH3 is 1. The van der Waals surface area contributed by atoms with Gasteiger partial charge in [-0.1, -0.05) is 32.0 Å². The van der Waals surface area contributed by atoms with Gasteiger partial charge in [0, 0.05) is 13.1 Å². The Morgan fingerprint density at radius 2 is 1.79 bits per heavy atom. The van der Waals surface area contributed by atoms with E-state index in [1.54, 1.807) is 6.07 Å². The molecule has 1 fully saturated rings. The Balaban J connectivity index is 1.58. The molecule has 2 aromatic rings. The molecule has 1 aliphatic heterocycles. The first-order valence-electron chi connectivity index (χ1n) is 12.4. The summed E-state index contributed by atoms with van der Waals surface area (Å²) >= 11 is 0. The molecule has 0 bridgehead atoms. The van der Waals surface area contributed by atoms with Gasteiger partial charge in [0.05, 0.1) is 23.6 Å². The minimum absolute atomic E-state index is 0.134. The highest BCUT2D eigenvalue weighted by Gasteiger charge is 2.29. The lowest BCUT2D eigenvalue weighted by atomic mass is 9.88. The summed E-state index contributed by atoms with van der Waals surface area (Å²) in [6, 6.07) is 10.9. The molecule has 1 atom stereocenters. The van der Waals surface area contributed by atoms with Crippen molar-refractivity contribution in [3.63, 3.8) is 0 Å². The predicted octanol–water partition coefficient (Wildman–Crippen LogP) is 4.88. The van der Waals surface area contributed by atoms with Gasteiger partial charge < -0.3 is 10.1 Å². The number of carbonyl (C=O) groups is 1. The Hall–Kier alpha value is -2.38. The van der Waals surface area contributed by atoms with Crippen molar-refractivity contribution in [1.82, 2.24) is 9.62 Å². The van der Waals surface area contributed by atoms with E-state index in [4.69, 9.17) is 4.74 Å². The van der Waals surface area contributed by atoms with Gasteiger partial charge in [0.15, 0.2) is 0 Å². The van der Waals surface area contributed by atoms with Crippen molar-refractivity contribution in [3.05, 3.63) is 58.7 Å². The molecule has 184 valence electrons. The van der Waals surface area contributed by atoms with Crippen LogP contribution in [0.15, 0.2) is 41.3 Å². The lowest BCUT2D eigenvalue weighted by Gasteiger charge is -2.29.